The van der Waals surface area contributed by atoms with Crippen LogP contribution in [-0.2, 0) is 24.2 Å². The second-order valence-electron chi connectivity index (χ2n) is 11.0. The molecule has 3 aromatic heterocycles. The summed E-state index contributed by atoms with van der Waals surface area (Å²) in [4.78, 5) is 20.1. The first-order chi connectivity index (χ1) is 20.5. The standard InChI is InChI=1S/C33H36N8O/c34-30(33(42)37-20-27-10-3-5-15-36-27)21-41(35)16-6-4-9-26-19-29-28(31(24-13-14-24)38-32(29)40-39-26)18-22-11-12-23-7-1-2-8-25(23)17-22/h1-3,5,7-8,10-12,15,17,19,21,24H,4,6,9,13-14,16,18,20,34-35H2,(H,37,42)(H,38,40)/b30-21-. The number of H-pyrrole nitrogens is 1. The molecule has 0 saturated heterocycles. The number of aromatic amines is 1. The molecular weight excluding hydrogens is 524 g/mol. The van der Waals surface area contributed by atoms with Gasteiger partial charge in [-0.3, -0.25) is 9.78 Å². The first kappa shape index (κ1) is 27.4. The number of nitrogens with one attached hydrogen (secondary N) is 2. The molecule has 0 aliphatic heterocycles. The van der Waals surface area contributed by atoms with Crippen LogP contribution in [0.1, 0.15) is 59.8 Å². The predicted octanol–water partition coefficient (Wildman–Crippen LogP) is 4.59. The summed E-state index contributed by atoms with van der Waals surface area (Å²) < 4.78 is 0. The minimum absolute atomic E-state index is 0.0580. The number of hydrogen-bond acceptors (Lipinski definition) is 7. The van der Waals surface area contributed by atoms with Crippen LogP contribution in [0.15, 0.2) is 84.8 Å². The Balaban J connectivity index is 1.06. The first-order valence-corrected chi connectivity index (χ1v) is 14.5. The Morgan fingerprint density at radius 1 is 1.00 bits per heavy atom. The maximum atomic E-state index is 12.3. The lowest BCUT2D eigenvalue weighted by Gasteiger charge is -2.14. The third-order valence-electron chi connectivity index (χ3n) is 7.75. The lowest BCUT2D eigenvalue weighted by atomic mass is 9.98. The van der Waals surface area contributed by atoms with E-state index in [1.807, 2.05) is 18.2 Å². The minimum Gasteiger partial charge on any atom is -0.393 e. The van der Waals surface area contributed by atoms with Crippen LogP contribution < -0.4 is 16.9 Å². The summed E-state index contributed by atoms with van der Waals surface area (Å²) in [6, 6.07) is 23.0. The van der Waals surface area contributed by atoms with Gasteiger partial charge in [0.1, 0.15) is 5.70 Å². The van der Waals surface area contributed by atoms with Crippen LogP contribution >= 0.6 is 0 Å². The van der Waals surface area contributed by atoms with Gasteiger partial charge in [0.15, 0.2) is 5.65 Å². The zero-order chi connectivity index (χ0) is 28.9. The molecule has 3 heterocycles. The molecule has 5 aromatic rings. The fourth-order valence-corrected chi connectivity index (χ4v) is 5.37. The molecule has 0 unspecified atom stereocenters. The predicted molar refractivity (Wildman–Crippen MR) is 165 cm³/mol. The number of rotatable bonds is 12. The number of fused-ring (bicyclic) bond motifs is 2. The molecule has 0 bridgehead atoms. The maximum Gasteiger partial charge on any atom is 0.269 e. The van der Waals surface area contributed by atoms with Crippen molar-refractivity contribution in [1.29, 1.82) is 0 Å². The number of unbranched alkanes of at least 4 members (excludes halogenated alkanes) is 1. The number of aryl methyl sites for hydroxylation is 1. The molecule has 2 aromatic carbocycles. The Hall–Kier alpha value is -4.76. The number of benzene rings is 2. The summed E-state index contributed by atoms with van der Waals surface area (Å²) >= 11 is 0. The highest BCUT2D eigenvalue weighted by Crippen LogP contribution is 2.43. The maximum absolute atomic E-state index is 12.3. The van der Waals surface area contributed by atoms with Crippen LogP contribution in [-0.4, -0.2) is 37.6 Å². The smallest absolute Gasteiger partial charge is 0.269 e. The van der Waals surface area contributed by atoms with Gasteiger partial charge in [0.05, 0.1) is 17.9 Å². The summed E-state index contributed by atoms with van der Waals surface area (Å²) in [5, 5.41) is 17.0. The summed E-state index contributed by atoms with van der Waals surface area (Å²) in [6.07, 6.45) is 8.95. The first-order valence-electron chi connectivity index (χ1n) is 14.5. The van der Waals surface area contributed by atoms with E-state index < -0.39 is 0 Å². The highest BCUT2D eigenvalue weighted by atomic mass is 16.2. The number of nitrogens with two attached hydrogens (primary N) is 2. The third kappa shape index (κ3) is 6.58. The van der Waals surface area contributed by atoms with Gasteiger partial charge in [-0.15, -0.1) is 5.10 Å². The summed E-state index contributed by atoms with van der Waals surface area (Å²) in [6.45, 7) is 0.866. The number of carbonyl (C=O) groups is 1. The number of hydrogen-bond donors (Lipinski definition) is 4. The van der Waals surface area contributed by atoms with E-state index in [0.717, 1.165) is 42.7 Å². The topological polar surface area (TPSA) is 139 Å². The van der Waals surface area contributed by atoms with E-state index in [9.17, 15) is 4.79 Å². The van der Waals surface area contributed by atoms with Crippen LogP contribution in [0.5, 0.6) is 0 Å². The van der Waals surface area contributed by atoms with Crippen molar-refractivity contribution in [1.82, 2.24) is 30.5 Å². The molecule has 1 fully saturated rings. The number of carbonyl (C=O) groups excluding carboxylic acids is 1. The van der Waals surface area contributed by atoms with E-state index >= 15 is 0 Å². The molecule has 1 amide bonds. The molecular formula is C33H36N8O. The van der Waals surface area contributed by atoms with Gasteiger partial charge >= 0.3 is 0 Å². The number of amides is 1. The Bertz CT molecular complexity index is 1720. The van der Waals surface area contributed by atoms with Gasteiger partial charge in [-0.1, -0.05) is 48.5 Å². The molecule has 214 valence electrons. The van der Waals surface area contributed by atoms with Crippen LogP contribution in [0.3, 0.4) is 0 Å². The van der Waals surface area contributed by atoms with Gasteiger partial charge in [0.2, 0.25) is 0 Å². The van der Waals surface area contributed by atoms with Crippen molar-refractivity contribution < 1.29 is 4.79 Å². The quantitative estimate of drug-likeness (QED) is 0.0758. The molecule has 0 radical (unpaired) electrons. The van der Waals surface area contributed by atoms with Crippen molar-refractivity contribution in [2.45, 2.75) is 51.0 Å². The van der Waals surface area contributed by atoms with Gasteiger partial charge in [-0.25, -0.2) is 5.84 Å². The Kier molecular flexibility index (Phi) is 8.09. The number of aromatic nitrogens is 4. The second-order valence-corrected chi connectivity index (χ2v) is 11.0. The molecule has 6 N–H and O–H groups in total. The molecule has 1 aliphatic rings. The average molecular weight is 561 g/mol. The number of hydrazine groups is 1. The molecule has 9 nitrogen and oxygen atoms in total. The van der Waals surface area contributed by atoms with Gasteiger partial charge in [-0.2, -0.15) is 5.10 Å². The Labute approximate surface area is 245 Å². The van der Waals surface area contributed by atoms with E-state index in [1.54, 1.807) is 6.20 Å². The van der Waals surface area contributed by atoms with Crippen molar-refractivity contribution >= 4 is 27.7 Å². The molecule has 6 rings (SSSR count). The van der Waals surface area contributed by atoms with Crippen molar-refractivity contribution in [3.05, 3.63) is 113 Å². The fourth-order valence-electron chi connectivity index (χ4n) is 5.37. The average Bonchev–Trinajstić information content (AvgIpc) is 3.80. The van der Waals surface area contributed by atoms with E-state index in [-0.39, 0.29) is 11.6 Å². The largest absolute Gasteiger partial charge is 0.393 e. The highest BCUT2D eigenvalue weighted by molar-refractivity contribution is 5.92. The zero-order valence-corrected chi connectivity index (χ0v) is 23.6. The van der Waals surface area contributed by atoms with Crippen molar-refractivity contribution in [2.75, 3.05) is 6.54 Å². The van der Waals surface area contributed by atoms with Crippen LogP contribution in [0, 0.1) is 0 Å². The fraction of sp³-hybridized carbons (Fsp3) is 0.273. The molecule has 0 atom stereocenters. The van der Waals surface area contributed by atoms with E-state index in [4.69, 9.17) is 11.6 Å². The van der Waals surface area contributed by atoms with Crippen LogP contribution in [0.4, 0.5) is 0 Å². The lowest BCUT2D eigenvalue weighted by Crippen LogP contribution is -2.33. The van der Waals surface area contributed by atoms with Gasteiger partial charge in [0, 0.05) is 30.0 Å². The highest BCUT2D eigenvalue weighted by Gasteiger charge is 2.29. The minimum atomic E-state index is -0.378. The number of pyridine rings is 1. The van der Waals surface area contributed by atoms with Crippen LogP contribution in [0.25, 0.3) is 21.8 Å². The molecule has 42 heavy (non-hydrogen) atoms. The van der Waals surface area contributed by atoms with Crippen LogP contribution in [0.2, 0.25) is 0 Å². The normalized spacial score (nSPS) is 13.5. The third-order valence-corrected chi connectivity index (χ3v) is 7.75. The van der Waals surface area contributed by atoms with Crippen molar-refractivity contribution in [3.63, 3.8) is 0 Å². The molecule has 9 heteroatoms. The number of nitrogens with zero attached hydrogens (tertiary/aromatic N) is 4. The summed E-state index contributed by atoms with van der Waals surface area (Å²) in [5.41, 5.74) is 12.6. The second kappa shape index (κ2) is 12.4. The monoisotopic (exact) mass is 560 g/mol. The molecule has 1 saturated carbocycles. The zero-order valence-electron chi connectivity index (χ0n) is 23.6. The summed E-state index contributed by atoms with van der Waals surface area (Å²) in [7, 11) is 0. The molecule has 0 spiro atoms. The molecule has 1 aliphatic carbocycles. The Morgan fingerprint density at radius 2 is 1.83 bits per heavy atom. The summed E-state index contributed by atoms with van der Waals surface area (Å²) in [5.74, 6) is 6.30. The Morgan fingerprint density at radius 3 is 2.64 bits per heavy atom. The van der Waals surface area contributed by atoms with Gasteiger partial charge in [-0.05, 0) is 84.5 Å². The van der Waals surface area contributed by atoms with Crippen molar-refractivity contribution in [3.8, 4) is 0 Å². The van der Waals surface area contributed by atoms with Gasteiger partial charge < -0.3 is 21.0 Å². The SMILES string of the molecule is N/C(=C\N(N)CCCCc1cc2c(Cc3ccc4ccccc4c3)c(C3CC3)[nH]c2nn1)C(=O)NCc1ccccn1. The van der Waals surface area contributed by atoms with E-state index in [1.165, 1.54) is 57.0 Å². The lowest BCUT2D eigenvalue weighted by molar-refractivity contribution is -0.117. The van der Waals surface area contributed by atoms with Gasteiger partial charge in [0.25, 0.3) is 5.91 Å². The van der Waals surface area contributed by atoms with E-state index in [0.29, 0.717) is 19.0 Å². The van der Waals surface area contributed by atoms with Crippen molar-refractivity contribution in [2.24, 2.45) is 11.6 Å². The van der Waals surface area contributed by atoms with E-state index in [2.05, 4.69) is 74.0 Å².